The van der Waals surface area contributed by atoms with Crippen molar-refractivity contribution in [2.75, 3.05) is 13.1 Å². The zero-order chi connectivity index (χ0) is 11.7. The minimum atomic E-state index is 0.0714. The topological polar surface area (TPSA) is 49.8 Å². The first-order valence-corrected chi connectivity index (χ1v) is 6.79. The van der Waals surface area contributed by atoms with E-state index in [9.17, 15) is 4.79 Å². The van der Waals surface area contributed by atoms with Crippen molar-refractivity contribution in [3.63, 3.8) is 0 Å². The van der Waals surface area contributed by atoms with E-state index in [1.165, 1.54) is 0 Å². The Morgan fingerprint density at radius 2 is 2.41 bits per heavy atom. The SMILES string of the molecule is O=c1cc(-c2cccs2)[nH]n1[C@@H]1CCCNC1. The molecule has 2 aromatic rings. The van der Waals surface area contributed by atoms with Crippen molar-refractivity contribution in [2.24, 2.45) is 0 Å². The average Bonchev–Trinajstić information content (AvgIpc) is 2.99. The van der Waals surface area contributed by atoms with Gasteiger partial charge < -0.3 is 5.32 Å². The molecule has 1 atom stereocenters. The molecule has 5 heteroatoms. The normalized spacial score (nSPS) is 20.6. The van der Waals surface area contributed by atoms with Gasteiger partial charge in [-0.1, -0.05) is 6.07 Å². The predicted octanol–water partition coefficient (Wildman–Crippen LogP) is 1.83. The molecule has 0 spiro atoms. The van der Waals surface area contributed by atoms with Gasteiger partial charge >= 0.3 is 0 Å². The zero-order valence-electron chi connectivity index (χ0n) is 9.48. The standard InChI is InChI=1S/C12H15N3OS/c16-12-7-10(11-4-2-6-17-11)14-15(12)9-3-1-5-13-8-9/h2,4,6-7,9,13-14H,1,3,5,8H2/t9-/m1/s1. The highest BCUT2D eigenvalue weighted by molar-refractivity contribution is 7.13. The van der Waals surface area contributed by atoms with Gasteiger partial charge in [-0.3, -0.25) is 9.89 Å². The van der Waals surface area contributed by atoms with Crippen LogP contribution < -0.4 is 10.9 Å². The summed E-state index contributed by atoms with van der Waals surface area (Å²) in [4.78, 5) is 13.1. The van der Waals surface area contributed by atoms with E-state index in [-0.39, 0.29) is 11.6 Å². The van der Waals surface area contributed by atoms with Gasteiger partial charge in [0, 0.05) is 12.6 Å². The molecule has 2 N–H and O–H groups in total. The maximum Gasteiger partial charge on any atom is 0.267 e. The van der Waals surface area contributed by atoms with Gasteiger partial charge in [-0.25, -0.2) is 4.68 Å². The summed E-state index contributed by atoms with van der Waals surface area (Å²) in [7, 11) is 0. The summed E-state index contributed by atoms with van der Waals surface area (Å²) >= 11 is 1.65. The Morgan fingerprint density at radius 3 is 3.12 bits per heavy atom. The van der Waals surface area contributed by atoms with Gasteiger partial charge in [0.25, 0.3) is 5.56 Å². The van der Waals surface area contributed by atoms with E-state index < -0.39 is 0 Å². The smallest absolute Gasteiger partial charge is 0.267 e. The third-order valence-corrected chi connectivity index (χ3v) is 4.07. The summed E-state index contributed by atoms with van der Waals surface area (Å²) < 4.78 is 1.77. The van der Waals surface area contributed by atoms with Crippen molar-refractivity contribution in [1.82, 2.24) is 15.1 Å². The molecule has 1 aliphatic heterocycles. The molecule has 4 nitrogen and oxygen atoms in total. The second-order valence-electron chi connectivity index (χ2n) is 4.36. The van der Waals surface area contributed by atoms with Crippen molar-refractivity contribution in [1.29, 1.82) is 0 Å². The number of H-pyrrole nitrogens is 1. The minimum absolute atomic E-state index is 0.0714. The van der Waals surface area contributed by atoms with E-state index in [0.717, 1.165) is 36.5 Å². The Labute approximate surface area is 103 Å². The highest BCUT2D eigenvalue weighted by atomic mass is 32.1. The van der Waals surface area contributed by atoms with Crippen LogP contribution in [0.2, 0.25) is 0 Å². The van der Waals surface area contributed by atoms with Gasteiger partial charge in [-0.05, 0) is 30.8 Å². The van der Waals surface area contributed by atoms with Crippen LogP contribution in [0.3, 0.4) is 0 Å². The van der Waals surface area contributed by atoms with E-state index in [1.54, 1.807) is 22.1 Å². The summed E-state index contributed by atoms with van der Waals surface area (Å²) in [5.74, 6) is 0. The molecule has 17 heavy (non-hydrogen) atoms. The molecular weight excluding hydrogens is 234 g/mol. The van der Waals surface area contributed by atoms with Crippen molar-refractivity contribution in [3.8, 4) is 10.6 Å². The molecule has 2 aromatic heterocycles. The fourth-order valence-corrected chi connectivity index (χ4v) is 2.99. The average molecular weight is 249 g/mol. The van der Waals surface area contributed by atoms with Crippen LogP contribution in [0, 0.1) is 0 Å². The lowest BCUT2D eigenvalue weighted by atomic mass is 10.1. The third-order valence-electron chi connectivity index (χ3n) is 3.17. The molecule has 0 radical (unpaired) electrons. The van der Waals surface area contributed by atoms with Crippen molar-refractivity contribution in [2.45, 2.75) is 18.9 Å². The highest BCUT2D eigenvalue weighted by Crippen LogP contribution is 2.22. The van der Waals surface area contributed by atoms with E-state index in [2.05, 4.69) is 10.4 Å². The van der Waals surface area contributed by atoms with E-state index >= 15 is 0 Å². The molecule has 1 aliphatic rings. The second-order valence-corrected chi connectivity index (χ2v) is 5.30. The Hall–Kier alpha value is -1.33. The lowest BCUT2D eigenvalue weighted by molar-refractivity contribution is 0.341. The van der Waals surface area contributed by atoms with E-state index in [4.69, 9.17) is 0 Å². The van der Waals surface area contributed by atoms with Crippen LogP contribution >= 0.6 is 11.3 Å². The quantitative estimate of drug-likeness (QED) is 0.853. The minimum Gasteiger partial charge on any atom is -0.315 e. The van der Waals surface area contributed by atoms with Crippen LogP contribution in [-0.2, 0) is 0 Å². The monoisotopic (exact) mass is 249 g/mol. The molecule has 90 valence electrons. The largest absolute Gasteiger partial charge is 0.315 e. The van der Waals surface area contributed by atoms with Crippen LogP contribution in [0.4, 0.5) is 0 Å². The van der Waals surface area contributed by atoms with Gasteiger partial charge in [0.2, 0.25) is 0 Å². The lowest BCUT2D eigenvalue weighted by Gasteiger charge is -2.23. The van der Waals surface area contributed by atoms with Crippen LogP contribution in [0.5, 0.6) is 0 Å². The van der Waals surface area contributed by atoms with Crippen molar-refractivity contribution < 1.29 is 0 Å². The van der Waals surface area contributed by atoms with Gasteiger partial charge in [0.15, 0.2) is 0 Å². The molecule has 3 rings (SSSR count). The Morgan fingerprint density at radius 1 is 1.47 bits per heavy atom. The molecule has 0 aromatic carbocycles. The molecule has 3 heterocycles. The van der Waals surface area contributed by atoms with Crippen molar-refractivity contribution in [3.05, 3.63) is 33.9 Å². The molecule has 0 saturated carbocycles. The third kappa shape index (κ3) is 2.08. The van der Waals surface area contributed by atoms with Gasteiger partial charge in [-0.2, -0.15) is 0 Å². The van der Waals surface area contributed by atoms with Crippen LogP contribution in [0.25, 0.3) is 10.6 Å². The highest BCUT2D eigenvalue weighted by Gasteiger charge is 2.18. The van der Waals surface area contributed by atoms with E-state index in [1.807, 2.05) is 17.5 Å². The molecule has 0 aliphatic carbocycles. The number of thiophene rings is 1. The summed E-state index contributed by atoms with van der Waals surface area (Å²) in [6.45, 7) is 1.94. The second kappa shape index (κ2) is 4.50. The Bertz CT molecular complexity index is 534. The molecule has 1 fully saturated rings. The Kier molecular flexibility index (Phi) is 2.86. The number of aromatic amines is 1. The fraction of sp³-hybridized carbons (Fsp3) is 0.417. The molecular formula is C12H15N3OS. The number of rotatable bonds is 2. The maximum absolute atomic E-state index is 11.9. The summed E-state index contributed by atoms with van der Waals surface area (Å²) in [5.41, 5.74) is 0.998. The van der Waals surface area contributed by atoms with Crippen LogP contribution in [0.15, 0.2) is 28.4 Å². The first-order chi connectivity index (χ1) is 8.34. The molecule has 1 saturated heterocycles. The number of piperidine rings is 1. The first kappa shape index (κ1) is 10.8. The van der Waals surface area contributed by atoms with E-state index in [0.29, 0.717) is 0 Å². The number of hydrogen-bond donors (Lipinski definition) is 2. The van der Waals surface area contributed by atoms with Gasteiger partial charge in [0.1, 0.15) is 0 Å². The van der Waals surface area contributed by atoms with Crippen LogP contribution in [0.1, 0.15) is 18.9 Å². The Balaban J connectivity index is 1.93. The molecule has 0 bridgehead atoms. The fourth-order valence-electron chi connectivity index (χ4n) is 2.29. The number of nitrogens with zero attached hydrogens (tertiary/aromatic N) is 1. The number of nitrogens with one attached hydrogen (secondary N) is 2. The molecule has 0 amide bonds. The van der Waals surface area contributed by atoms with Gasteiger partial charge in [0.05, 0.1) is 16.6 Å². The lowest BCUT2D eigenvalue weighted by Crippen LogP contribution is -2.35. The van der Waals surface area contributed by atoms with Gasteiger partial charge in [-0.15, -0.1) is 11.3 Å². The summed E-state index contributed by atoms with van der Waals surface area (Å²) in [6.07, 6.45) is 2.20. The first-order valence-electron chi connectivity index (χ1n) is 5.91. The molecule has 0 unspecified atom stereocenters. The summed E-state index contributed by atoms with van der Waals surface area (Å²) in [5, 5.41) is 8.58. The number of hydrogen-bond acceptors (Lipinski definition) is 3. The summed E-state index contributed by atoms with van der Waals surface area (Å²) in [6, 6.07) is 5.99. The van der Waals surface area contributed by atoms with Crippen molar-refractivity contribution >= 4 is 11.3 Å². The zero-order valence-corrected chi connectivity index (χ0v) is 10.3. The number of aromatic nitrogens is 2. The predicted molar refractivity (Wildman–Crippen MR) is 69.5 cm³/mol. The maximum atomic E-state index is 11.9. The van der Waals surface area contributed by atoms with Crippen LogP contribution in [-0.4, -0.2) is 22.9 Å².